The minimum Gasteiger partial charge on any atom is -0.432 e. The van der Waals surface area contributed by atoms with Gasteiger partial charge in [-0.25, -0.2) is 4.79 Å². The van der Waals surface area contributed by atoms with Crippen molar-refractivity contribution in [2.75, 3.05) is 13.1 Å². The molecule has 1 rings (SSSR count). The molecule has 0 fully saturated rings. The second kappa shape index (κ2) is 14.9. The van der Waals surface area contributed by atoms with Crippen LogP contribution in [0.25, 0.3) is 0 Å². The van der Waals surface area contributed by atoms with Gasteiger partial charge in [0.2, 0.25) is 5.60 Å². The van der Waals surface area contributed by atoms with Gasteiger partial charge in [-0.15, -0.1) is 12.6 Å². The minimum atomic E-state index is -2.06. The molecule has 0 saturated carbocycles. The molecular weight excluding hydrogens is 414 g/mol. The topological polar surface area (TPSA) is 58.6 Å². The maximum Gasteiger partial charge on any atom is 0.353 e. The lowest BCUT2D eigenvalue weighted by Crippen LogP contribution is -2.40. The van der Waals surface area contributed by atoms with Crippen LogP contribution in [0.15, 0.2) is 89.3 Å². The lowest BCUT2D eigenvalue weighted by atomic mass is 10.0. The smallest absolute Gasteiger partial charge is 0.353 e. The van der Waals surface area contributed by atoms with E-state index in [9.17, 15) is 9.90 Å². The van der Waals surface area contributed by atoms with Crippen LogP contribution in [0.1, 0.15) is 25.3 Å². The van der Waals surface area contributed by atoms with Gasteiger partial charge >= 0.3 is 5.97 Å². The molecule has 0 aliphatic rings. The molecular formula is C24H31NO3S2. The summed E-state index contributed by atoms with van der Waals surface area (Å²) in [6.07, 6.45) is 10.8. The highest BCUT2D eigenvalue weighted by Gasteiger charge is 2.43. The molecule has 1 atom stereocenters. The summed E-state index contributed by atoms with van der Waals surface area (Å²) < 4.78 is 5.13. The monoisotopic (exact) mass is 445 g/mol. The fourth-order valence-corrected chi connectivity index (χ4v) is 3.55. The molecule has 0 radical (unpaired) electrons. The molecule has 0 heterocycles. The number of nitrogens with one attached hydrogen (secondary N) is 1. The van der Waals surface area contributed by atoms with Crippen LogP contribution in [0.5, 0.6) is 0 Å². The van der Waals surface area contributed by atoms with Gasteiger partial charge in [-0.1, -0.05) is 67.4 Å². The summed E-state index contributed by atoms with van der Waals surface area (Å²) in [6, 6.07) is 10.4. The number of thioether (sulfide) groups is 1. The van der Waals surface area contributed by atoms with Crippen LogP contribution in [0.4, 0.5) is 0 Å². The Hall–Kier alpha value is -1.99. The molecule has 0 saturated heterocycles. The van der Waals surface area contributed by atoms with Gasteiger partial charge in [0.15, 0.2) is 0 Å². The number of rotatable bonds is 14. The number of unbranched alkanes of at least 4 members (excludes halogenated alkanes) is 1. The van der Waals surface area contributed by atoms with Crippen LogP contribution in [-0.4, -0.2) is 29.8 Å². The summed E-state index contributed by atoms with van der Waals surface area (Å²) in [5.41, 5.74) is -0.712. The highest BCUT2D eigenvalue weighted by molar-refractivity contribution is 8.06. The van der Waals surface area contributed by atoms with Crippen molar-refractivity contribution in [2.45, 2.75) is 31.8 Å². The van der Waals surface area contributed by atoms with Crippen molar-refractivity contribution in [3.05, 3.63) is 94.8 Å². The Morgan fingerprint density at radius 1 is 1.33 bits per heavy atom. The standard InChI is InChI=1S/C24H31NO3S2/c1-4-12-22(29)24(27,20(3)30-19-5-2)23(26)28-18-11-17-25-16-10-9-15-21-13-7-6-8-14-21/h4-8,11-14,18-19,25,27,29H,1,3,9-10,15-17H2,2H3/b18-11+,19-5-,22-12-. The molecule has 1 unspecified atom stereocenters. The van der Waals surface area contributed by atoms with E-state index in [4.69, 9.17) is 4.74 Å². The van der Waals surface area contributed by atoms with E-state index in [1.165, 1.54) is 24.0 Å². The molecule has 1 aromatic rings. The molecule has 0 amide bonds. The Morgan fingerprint density at radius 2 is 2.07 bits per heavy atom. The van der Waals surface area contributed by atoms with E-state index in [1.54, 1.807) is 17.6 Å². The first kappa shape index (κ1) is 26.0. The maximum atomic E-state index is 12.5. The van der Waals surface area contributed by atoms with Crippen molar-refractivity contribution in [1.82, 2.24) is 5.32 Å². The van der Waals surface area contributed by atoms with Gasteiger partial charge in [-0.2, -0.15) is 0 Å². The Kier molecular flexibility index (Phi) is 12.9. The van der Waals surface area contributed by atoms with Crippen molar-refractivity contribution < 1.29 is 14.6 Å². The third-order valence-corrected chi connectivity index (χ3v) is 5.60. The number of allylic oxidation sites excluding steroid dienone is 3. The molecule has 1 aromatic carbocycles. The third kappa shape index (κ3) is 8.79. The Morgan fingerprint density at radius 3 is 2.73 bits per heavy atom. The van der Waals surface area contributed by atoms with Crippen LogP contribution >= 0.6 is 24.4 Å². The first-order valence-corrected chi connectivity index (χ1v) is 11.1. The highest BCUT2D eigenvalue weighted by Crippen LogP contribution is 2.36. The zero-order valence-corrected chi connectivity index (χ0v) is 19.1. The predicted molar refractivity (Wildman–Crippen MR) is 131 cm³/mol. The van der Waals surface area contributed by atoms with E-state index >= 15 is 0 Å². The number of aliphatic hydroxyl groups is 1. The van der Waals surface area contributed by atoms with Gasteiger partial charge < -0.3 is 15.2 Å². The normalized spacial score (nSPS) is 14.0. The summed E-state index contributed by atoms with van der Waals surface area (Å²) in [7, 11) is 0. The molecule has 0 aliphatic heterocycles. The fourth-order valence-electron chi connectivity index (χ4n) is 2.48. The van der Waals surface area contributed by atoms with Crippen LogP contribution < -0.4 is 5.32 Å². The number of carbonyl (C=O) groups excluding carboxylic acids is 1. The van der Waals surface area contributed by atoms with E-state index in [1.807, 2.05) is 13.0 Å². The average Bonchev–Trinajstić information content (AvgIpc) is 2.76. The number of ether oxygens (including phenoxy) is 1. The average molecular weight is 446 g/mol. The maximum absolute atomic E-state index is 12.5. The number of aryl methyl sites for hydroxylation is 1. The molecule has 0 bridgehead atoms. The zero-order valence-electron chi connectivity index (χ0n) is 17.4. The summed E-state index contributed by atoms with van der Waals surface area (Å²) in [5.74, 6) is -0.869. The molecule has 0 spiro atoms. The lowest BCUT2D eigenvalue weighted by Gasteiger charge is -2.26. The number of carbonyl (C=O) groups is 1. The molecule has 6 heteroatoms. The van der Waals surface area contributed by atoms with Gasteiger partial charge in [-0.3, -0.25) is 0 Å². The minimum absolute atomic E-state index is 0.0921. The predicted octanol–water partition coefficient (Wildman–Crippen LogP) is 5.17. The number of hydrogen-bond acceptors (Lipinski definition) is 6. The fraction of sp³-hybridized carbons (Fsp3) is 0.292. The molecule has 0 aliphatic carbocycles. The van der Waals surface area contributed by atoms with Crippen molar-refractivity contribution in [3.63, 3.8) is 0 Å². The van der Waals surface area contributed by atoms with Crippen molar-refractivity contribution in [2.24, 2.45) is 0 Å². The van der Waals surface area contributed by atoms with Crippen LogP contribution in [0.3, 0.4) is 0 Å². The third-order valence-electron chi connectivity index (χ3n) is 4.14. The van der Waals surface area contributed by atoms with Gasteiger partial charge in [0, 0.05) is 16.4 Å². The number of thiol groups is 1. The van der Waals surface area contributed by atoms with Gasteiger partial charge in [0.05, 0.1) is 6.26 Å². The van der Waals surface area contributed by atoms with E-state index in [0.29, 0.717) is 6.54 Å². The Bertz CT molecular complexity index is 772. The summed E-state index contributed by atoms with van der Waals surface area (Å²) in [6.45, 7) is 10.6. The SMILES string of the molecule is C=C/C=C(\S)C(O)(C(=C)S/C=C\C)C(=O)O/C=C/CNCCCCc1ccccc1. The number of esters is 1. The van der Waals surface area contributed by atoms with Crippen molar-refractivity contribution >= 4 is 30.4 Å². The molecule has 30 heavy (non-hydrogen) atoms. The number of hydrogen-bond donors (Lipinski definition) is 3. The second-order valence-electron chi connectivity index (χ2n) is 6.43. The van der Waals surface area contributed by atoms with Gasteiger partial charge in [0.1, 0.15) is 0 Å². The van der Waals surface area contributed by atoms with E-state index in [-0.39, 0.29) is 9.81 Å². The second-order valence-corrected chi connectivity index (χ2v) is 7.91. The molecule has 2 N–H and O–H groups in total. The van der Waals surface area contributed by atoms with Crippen LogP contribution in [0.2, 0.25) is 0 Å². The molecule has 0 aromatic heterocycles. The first-order chi connectivity index (χ1) is 14.5. The van der Waals surface area contributed by atoms with Crippen LogP contribution in [0, 0.1) is 0 Å². The van der Waals surface area contributed by atoms with E-state index in [0.717, 1.165) is 37.6 Å². The summed E-state index contributed by atoms with van der Waals surface area (Å²) in [4.78, 5) is 12.8. The van der Waals surface area contributed by atoms with Crippen molar-refractivity contribution in [1.29, 1.82) is 0 Å². The zero-order chi connectivity index (χ0) is 22.2. The van der Waals surface area contributed by atoms with E-state index < -0.39 is 11.6 Å². The number of benzene rings is 1. The Balaban J connectivity index is 2.42. The molecule has 162 valence electrons. The first-order valence-electron chi connectivity index (χ1n) is 9.79. The summed E-state index contributed by atoms with van der Waals surface area (Å²) in [5, 5.41) is 15.9. The van der Waals surface area contributed by atoms with Crippen molar-refractivity contribution in [3.8, 4) is 0 Å². The van der Waals surface area contributed by atoms with Gasteiger partial charge in [0.25, 0.3) is 0 Å². The van der Waals surface area contributed by atoms with E-state index in [2.05, 4.69) is 55.4 Å². The Labute approximate surface area is 189 Å². The van der Waals surface area contributed by atoms with Crippen LogP contribution in [-0.2, 0) is 16.0 Å². The highest BCUT2D eigenvalue weighted by atomic mass is 32.2. The summed E-state index contributed by atoms with van der Waals surface area (Å²) >= 11 is 5.37. The molecule has 4 nitrogen and oxygen atoms in total. The van der Waals surface area contributed by atoms with Gasteiger partial charge in [-0.05, 0) is 55.9 Å². The largest absolute Gasteiger partial charge is 0.432 e. The quantitative estimate of drug-likeness (QED) is 0.121. The lowest BCUT2D eigenvalue weighted by molar-refractivity contribution is -0.150.